The Balaban J connectivity index is 2.74. The molecule has 0 aliphatic carbocycles. The van der Waals surface area contributed by atoms with E-state index in [1.165, 1.54) is 0 Å². The van der Waals surface area contributed by atoms with Crippen LogP contribution in [0.1, 0.15) is 39.4 Å². The average molecular weight is 265 g/mol. The molecule has 0 aliphatic heterocycles. The summed E-state index contributed by atoms with van der Waals surface area (Å²) in [6, 6.07) is 1.85. The number of rotatable bonds is 6. The van der Waals surface area contributed by atoms with Crippen LogP contribution in [0.5, 0.6) is 0 Å². The molecule has 0 unspecified atom stereocenters. The highest BCUT2D eigenvalue weighted by molar-refractivity contribution is 5.73. The van der Waals surface area contributed by atoms with E-state index in [1.54, 1.807) is 0 Å². The van der Waals surface area contributed by atoms with Crippen molar-refractivity contribution in [2.75, 3.05) is 24.2 Å². The van der Waals surface area contributed by atoms with Crippen LogP contribution in [0.15, 0.2) is 6.07 Å². The van der Waals surface area contributed by atoms with Gasteiger partial charge in [-0.1, -0.05) is 20.8 Å². The first-order valence-electron chi connectivity index (χ1n) is 6.42. The van der Waals surface area contributed by atoms with Gasteiger partial charge in [-0.05, 0) is 6.42 Å². The first-order valence-corrected chi connectivity index (χ1v) is 6.42. The Kier molecular flexibility index (Phi) is 5.09. The minimum absolute atomic E-state index is 0.115. The first-order chi connectivity index (χ1) is 8.82. The van der Waals surface area contributed by atoms with E-state index in [1.807, 2.05) is 13.1 Å². The van der Waals surface area contributed by atoms with Gasteiger partial charge in [-0.3, -0.25) is 4.79 Å². The van der Waals surface area contributed by atoms with Crippen molar-refractivity contribution in [2.24, 2.45) is 5.73 Å². The van der Waals surface area contributed by atoms with Gasteiger partial charge in [-0.2, -0.15) is 0 Å². The molecular formula is C13H23N5O. The number of aromatic nitrogens is 2. The van der Waals surface area contributed by atoms with Gasteiger partial charge in [0.15, 0.2) is 0 Å². The Morgan fingerprint density at radius 3 is 2.47 bits per heavy atom. The molecule has 6 nitrogen and oxygen atoms in total. The van der Waals surface area contributed by atoms with Crippen LogP contribution in [-0.4, -0.2) is 29.5 Å². The summed E-state index contributed by atoms with van der Waals surface area (Å²) in [5.74, 6) is 2.03. The highest BCUT2D eigenvalue weighted by Gasteiger charge is 2.18. The molecule has 19 heavy (non-hydrogen) atoms. The highest BCUT2D eigenvalue weighted by atomic mass is 16.1. The van der Waals surface area contributed by atoms with Crippen LogP contribution in [0, 0.1) is 0 Å². The van der Waals surface area contributed by atoms with Crippen molar-refractivity contribution in [2.45, 2.75) is 39.0 Å². The zero-order chi connectivity index (χ0) is 14.5. The van der Waals surface area contributed by atoms with E-state index in [-0.39, 0.29) is 11.3 Å². The fourth-order valence-electron chi connectivity index (χ4n) is 1.48. The normalized spacial score (nSPS) is 11.2. The van der Waals surface area contributed by atoms with Gasteiger partial charge < -0.3 is 16.4 Å². The maximum Gasteiger partial charge on any atom is 0.217 e. The minimum Gasteiger partial charge on any atom is -0.373 e. The minimum atomic E-state index is -0.282. The quantitative estimate of drug-likeness (QED) is 0.678. The molecule has 1 aromatic rings. The van der Waals surface area contributed by atoms with E-state index in [9.17, 15) is 4.79 Å². The largest absolute Gasteiger partial charge is 0.373 e. The van der Waals surface area contributed by atoms with Gasteiger partial charge in [0.1, 0.15) is 17.5 Å². The molecule has 0 aliphatic rings. The second-order valence-corrected chi connectivity index (χ2v) is 5.46. The molecule has 0 saturated heterocycles. The topological polar surface area (TPSA) is 92.9 Å². The summed E-state index contributed by atoms with van der Waals surface area (Å²) in [5.41, 5.74) is 4.98. The van der Waals surface area contributed by atoms with Crippen LogP contribution in [0.25, 0.3) is 0 Å². The Bertz CT molecular complexity index is 439. The van der Waals surface area contributed by atoms with Crippen LogP contribution < -0.4 is 16.4 Å². The fourth-order valence-corrected chi connectivity index (χ4v) is 1.48. The lowest BCUT2D eigenvalue weighted by atomic mass is 9.96. The summed E-state index contributed by atoms with van der Waals surface area (Å²) in [7, 11) is 1.83. The van der Waals surface area contributed by atoms with Crippen LogP contribution in [0.4, 0.5) is 11.6 Å². The third kappa shape index (κ3) is 5.11. The molecule has 0 atom stereocenters. The highest BCUT2D eigenvalue weighted by Crippen LogP contribution is 2.22. The Hall–Kier alpha value is -1.85. The zero-order valence-corrected chi connectivity index (χ0v) is 12.1. The smallest absolute Gasteiger partial charge is 0.217 e. The summed E-state index contributed by atoms with van der Waals surface area (Å²) < 4.78 is 0. The molecule has 0 saturated carbocycles. The molecule has 4 N–H and O–H groups in total. The van der Waals surface area contributed by atoms with Gasteiger partial charge >= 0.3 is 0 Å². The van der Waals surface area contributed by atoms with E-state index in [0.29, 0.717) is 19.4 Å². The molecule has 0 bridgehead atoms. The van der Waals surface area contributed by atoms with Crippen LogP contribution in [0.2, 0.25) is 0 Å². The summed E-state index contributed by atoms with van der Waals surface area (Å²) in [6.07, 6.45) is 1.07. The maximum atomic E-state index is 10.7. The molecular weight excluding hydrogens is 242 g/mol. The molecule has 6 heteroatoms. The van der Waals surface area contributed by atoms with E-state index in [0.717, 1.165) is 17.5 Å². The lowest BCUT2D eigenvalue weighted by Gasteiger charge is -2.18. The third-order valence-electron chi connectivity index (χ3n) is 2.56. The SMILES string of the molecule is CNc1cc(NCCCC(N)=O)nc(C(C)(C)C)n1. The van der Waals surface area contributed by atoms with E-state index in [2.05, 4.69) is 41.4 Å². The number of nitrogens with two attached hydrogens (primary N) is 1. The average Bonchev–Trinajstić information content (AvgIpc) is 2.33. The Morgan fingerprint density at radius 1 is 1.32 bits per heavy atom. The third-order valence-corrected chi connectivity index (χ3v) is 2.56. The molecule has 1 amide bonds. The summed E-state index contributed by atoms with van der Waals surface area (Å²) >= 11 is 0. The second kappa shape index (κ2) is 6.36. The standard InChI is InChI=1S/C13H23N5O/c1-13(2,3)12-17-10(15-4)8-11(18-12)16-7-5-6-9(14)19/h8H,5-7H2,1-4H3,(H2,14,19)(H2,15,16,17,18). The number of nitrogens with one attached hydrogen (secondary N) is 2. The van der Waals surface area contributed by atoms with Gasteiger partial charge in [0.25, 0.3) is 0 Å². The predicted molar refractivity (Wildman–Crippen MR) is 77.2 cm³/mol. The number of nitrogens with zero attached hydrogens (tertiary/aromatic N) is 2. The molecule has 1 heterocycles. The molecule has 0 aromatic carbocycles. The van der Waals surface area contributed by atoms with Crippen molar-refractivity contribution in [3.63, 3.8) is 0 Å². The van der Waals surface area contributed by atoms with Gasteiger partial charge in [0.05, 0.1) is 0 Å². The van der Waals surface area contributed by atoms with Crippen LogP contribution in [0.3, 0.4) is 0 Å². The molecule has 0 fully saturated rings. The van der Waals surface area contributed by atoms with Crippen molar-refractivity contribution in [1.82, 2.24) is 9.97 Å². The van der Waals surface area contributed by atoms with Crippen molar-refractivity contribution in [1.29, 1.82) is 0 Å². The lowest BCUT2D eigenvalue weighted by molar-refractivity contribution is -0.118. The number of primary amides is 1. The Morgan fingerprint density at radius 2 is 1.95 bits per heavy atom. The van der Waals surface area contributed by atoms with Crippen molar-refractivity contribution < 1.29 is 4.79 Å². The van der Waals surface area contributed by atoms with Gasteiger partial charge in [-0.15, -0.1) is 0 Å². The summed E-state index contributed by atoms with van der Waals surface area (Å²) in [6.45, 7) is 6.86. The van der Waals surface area contributed by atoms with Crippen molar-refractivity contribution in [3.05, 3.63) is 11.9 Å². The van der Waals surface area contributed by atoms with Gasteiger partial charge in [-0.25, -0.2) is 9.97 Å². The molecule has 0 spiro atoms. The van der Waals surface area contributed by atoms with E-state index < -0.39 is 0 Å². The maximum absolute atomic E-state index is 10.7. The van der Waals surface area contributed by atoms with Crippen molar-refractivity contribution in [3.8, 4) is 0 Å². The number of carbonyl (C=O) groups excluding carboxylic acids is 1. The molecule has 1 aromatic heterocycles. The van der Waals surface area contributed by atoms with E-state index >= 15 is 0 Å². The molecule has 106 valence electrons. The van der Waals surface area contributed by atoms with Crippen molar-refractivity contribution >= 4 is 17.5 Å². The van der Waals surface area contributed by atoms with Gasteiger partial charge in [0.2, 0.25) is 5.91 Å². The number of hydrogen-bond acceptors (Lipinski definition) is 5. The monoisotopic (exact) mass is 265 g/mol. The molecule has 1 rings (SSSR count). The summed E-state index contributed by atoms with van der Waals surface area (Å²) in [4.78, 5) is 19.6. The fraction of sp³-hybridized carbons (Fsp3) is 0.615. The summed E-state index contributed by atoms with van der Waals surface area (Å²) in [5, 5.41) is 6.21. The van der Waals surface area contributed by atoms with Gasteiger partial charge in [0, 0.05) is 31.5 Å². The van der Waals surface area contributed by atoms with Crippen LogP contribution in [-0.2, 0) is 10.2 Å². The molecule has 0 radical (unpaired) electrons. The number of hydrogen-bond donors (Lipinski definition) is 3. The number of anilines is 2. The first kappa shape index (κ1) is 15.2. The predicted octanol–water partition coefficient (Wildman–Crippen LogP) is 1.49. The second-order valence-electron chi connectivity index (χ2n) is 5.46. The van der Waals surface area contributed by atoms with Crippen LogP contribution >= 0.6 is 0 Å². The zero-order valence-electron chi connectivity index (χ0n) is 12.1. The van der Waals surface area contributed by atoms with E-state index in [4.69, 9.17) is 5.73 Å². The Labute approximate surface area is 114 Å². The number of carbonyl (C=O) groups is 1. The lowest BCUT2D eigenvalue weighted by Crippen LogP contribution is -2.19. The number of amides is 1.